The van der Waals surface area contributed by atoms with Crippen molar-refractivity contribution in [2.75, 3.05) is 23.7 Å². The predicted molar refractivity (Wildman–Crippen MR) is 125 cm³/mol. The van der Waals surface area contributed by atoms with Crippen LogP contribution in [0.25, 0.3) is 0 Å². The second-order valence-electron chi connectivity index (χ2n) is 9.48. The number of aryl methyl sites for hydroxylation is 1. The van der Waals surface area contributed by atoms with Gasteiger partial charge < -0.3 is 10.6 Å². The van der Waals surface area contributed by atoms with Crippen LogP contribution in [-0.2, 0) is 31.1 Å². The summed E-state index contributed by atoms with van der Waals surface area (Å²) in [7, 11) is 0. The topological polar surface area (TPSA) is 55.0 Å². The third-order valence-corrected chi connectivity index (χ3v) is 7.91. The molecule has 1 saturated heterocycles. The lowest BCUT2D eigenvalue weighted by Crippen LogP contribution is -2.39. The quantitative estimate of drug-likeness (QED) is 0.654. The average Bonchev–Trinajstić information content (AvgIpc) is 3.03. The van der Waals surface area contributed by atoms with Crippen molar-refractivity contribution >= 4 is 23.1 Å². The minimum atomic E-state index is 0.120. The summed E-state index contributed by atoms with van der Waals surface area (Å²) >= 11 is 6.63. The zero-order chi connectivity index (χ0) is 20.7. The van der Waals surface area contributed by atoms with Gasteiger partial charge in [-0.25, -0.2) is 9.97 Å². The molecular weight excluding hydrogens is 392 g/mol. The van der Waals surface area contributed by atoms with E-state index in [9.17, 15) is 0 Å². The van der Waals surface area contributed by atoms with Gasteiger partial charge in [0.1, 0.15) is 11.6 Å². The fourth-order valence-corrected chi connectivity index (χ4v) is 6.33. The van der Waals surface area contributed by atoms with E-state index in [4.69, 9.17) is 27.3 Å². The van der Waals surface area contributed by atoms with Gasteiger partial charge in [-0.3, -0.25) is 0 Å². The highest BCUT2D eigenvalue weighted by molar-refractivity contribution is 6.31. The first-order chi connectivity index (χ1) is 14.6. The number of fused-ring (bicyclic) bond motifs is 3. The van der Waals surface area contributed by atoms with Gasteiger partial charge in [-0.05, 0) is 74.6 Å². The maximum absolute atomic E-state index is 6.63. The third-order valence-electron chi connectivity index (χ3n) is 7.57. The highest BCUT2D eigenvalue weighted by Crippen LogP contribution is 2.49. The molecule has 30 heavy (non-hydrogen) atoms. The van der Waals surface area contributed by atoms with Crippen LogP contribution in [-0.4, -0.2) is 23.1 Å². The Hall–Kier alpha value is -1.81. The van der Waals surface area contributed by atoms with Gasteiger partial charge in [-0.15, -0.1) is 0 Å². The molecule has 0 radical (unpaired) electrons. The Morgan fingerprint density at radius 3 is 2.57 bits per heavy atom. The molecule has 2 aliphatic carbocycles. The van der Waals surface area contributed by atoms with Crippen molar-refractivity contribution in [3.63, 3.8) is 0 Å². The number of nitrogen functional groups attached to an aromatic ring is 1. The number of benzene rings is 1. The summed E-state index contributed by atoms with van der Waals surface area (Å²) in [4.78, 5) is 12.7. The van der Waals surface area contributed by atoms with E-state index in [0.29, 0.717) is 0 Å². The Balaban J connectivity index is 1.58. The average molecular weight is 425 g/mol. The number of rotatable bonds is 2. The van der Waals surface area contributed by atoms with Crippen LogP contribution in [0.3, 0.4) is 0 Å². The molecule has 5 rings (SSSR count). The summed E-state index contributed by atoms with van der Waals surface area (Å²) in [5.74, 6) is 2.22. The van der Waals surface area contributed by atoms with Gasteiger partial charge in [-0.2, -0.15) is 0 Å². The molecule has 5 heteroatoms. The van der Waals surface area contributed by atoms with Gasteiger partial charge in [0.15, 0.2) is 0 Å². The molecule has 160 valence electrons. The molecule has 0 saturated carbocycles. The van der Waals surface area contributed by atoms with E-state index in [1.54, 1.807) is 0 Å². The number of halogens is 1. The Kier molecular flexibility index (Phi) is 5.38. The lowest BCUT2D eigenvalue weighted by Gasteiger charge is -2.43. The molecule has 1 aromatic heterocycles. The minimum absolute atomic E-state index is 0.120. The molecule has 0 bridgehead atoms. The van der Waals surface area contributed by atoms with Crippen LogP contribution in [0, 0.1) is 0 Å². The SMILES string of the molecule is CCc1nc2c(c(N3CCCCCC3)n1)CCC1(CCCc3c(Cl)cc(N)cc31)C2. The van der Waals surface area contributed by atoms with Crippen molar-refractivity contribution in [1.29, 1.82) is 0 Å². The summed E-state index contributed by atoms with van der Waals surface area (Å²) in [6.07, 6.45) is 12.7. The molecule has 4 nitrogen and oxygen atoms in total. The molecule has 2 N–H and O–H groups in total. The Morgan fingerprint density at radius 1 is 1.00 bits per heavy atom. The largest absolute Gasteiger partial charge is 0.399 e. The number of hydrogen-bond donors (Lipinski definition) is 1. The van der Waals surface area contributed by atoms with E-state index in [1.165, 1.54) is 66.7 Å². The normalized spacial score (nSPS) is 23.7. The molecule has 0 amide bonds. The highest BCUT2D eigenvalue weighted by Gasteiger charge is 2.42. The summed E-state index contributed by atoms with van der Waals surface area (Å²) in [5.41, 5.74) is 12.5. The van der Waals surface area contributed by atoms with Crippen LogP contribution in [0.1, 0.15) is 80.1 Å². The number of hydrogen-bond acceptors (Lipinski definition) is 4. The summed E-state index contributed by atoms with van der Waals surface area (Å²) in [6, 6.07) is 4.12. The molecule has 2 heterocycles. The van der Waals surface area contributed by atoms with Gasteiger partial charge in [0.2, 0.25) is 0 Å². The number of nitrogens with zero attached hydrogens (tertiary/aromatic N) is 3. The first-order valence-electron chi connectivity index (χ1n) is 11.8. The van der Waals surface area contributed by atoms with Crippen LogP contribution in [0.5, 0.6) is 0 Å². The molecule has 1 aliphatic heterocycles. The highest BCUT2D eigenvalue weighted by atomic mass is 35.5. The van der Waals surface area contributed by atoms with E-state index in [2.05, 4.69) is 17.9 Å². The fourth-order valence-electron chi connectivity index (χ4n) is 6.01. The molecule has 3 aliphatic rings. The Morgan fingerprint density at radius 2 is 1.80 bits per heavy atom. The monoisotopic (exact) mass is 424 g/mol. The molecular formula is C25H33ClN4. The van der Waals surface area contributed by atoms with Crippen molar-refractivity contribution < 1.29 is 0 Å². The second kappa shape index (κ2) is 8.03. The van der Waals surface area contributed by atoms with Gasteiger partial charge in [0.25, 0.3) is 0 Å². The minimum Gasteiger partial charge on any atom is -0.399 e. The van der Waals surface area contributed by atoms with Gasteiger partial charge in [-0.1, -0.05) is 31.4 Å². The summed E-state index contributed by atoms with van der Waals surface area (Å²) in [6.45, 7) is 4.43. The molecule has 2 aromatic rings. The van der Waals surface area contributed by atoms with Crippen LogP contribution in [0.4, 0.5) is 11.5 Å². The van der Waals surface area contributed by atoms with Crippen molar-refractivity contribution in [2.45, 2.75) is 83.0 Å². The molecule has 1 unspecified atom stereocenters. The number of aromatic nitrogens is 2. The first kappa shape index (κ1) is 20.1. The molecule has 1 fully saturated rings. The Labute approximate surface area is 185 Å². The Bertz CT molecular complexity index is 949. The van der Waals surface area contributed by atoms with Crippen molar-refractivity contribution in [2.24, 2.45) is 0 Å². The van der Waals surface area contributed by atoms with Gasteiger partial charge in [0, 0.05) is 41.2 Å². The molecule has 1 aromatic carbocycles. The second-order valence-corrected chi connectivity index (χ2v) is 9.89. The smallest absolute Gasteiger partial charge is 0.135 e. The zero-order valence-electron chi connectivity index (χ0n) is 18.1. The zero-order valence-corrected chi connectivity index (χ0v) is 18.9. The number of nitrogens with two attached hydrogens (primary N) is 1. The van der Waals surface area contributed by atoms with E-state index in [1.807, 2.05) is 6.07 Å². The van der Waals surface area contributed by atoms with E-state index >= 15 is 0 Å². The van der Waals surface area contributed by atoms with Crippen molar-refractivity contribution in [3.05, 3.63) is 45.4 Å². The standard InChI is InChI=1S/C25H33ClN4/c1-2-23-28-22-16-25(10-7-8-18-20(25)14-17(27)15-21(18)26)11-9-19(22)24(29-23)30-12-5-3-4-6-13-30/h14-15H,2-13,16,27H2,1H3. The van der Waals surface area contributed by atoms with Crippen LogP contribution >= 0.6 is 11.6 Å². The lowest BCUT2D eigenvalue weighted by atomic mass is 9.62. The van der Waals surface area contributed by atoms with Crippen LogP contribution in [0.15, 0.2) is 12.1 Å². The maximum Gasteiger partial charge on any atom is 0.135 e. The number of anilines is 2. The summed E-state index contributed by atoms with van der Waals surface area (Å²) in [5, 5.41) is 0.845. The van der Waals surface area contributed by atoms with E-state index in [0.717, 1.165) is 61.7 Å². The van der Waals surface area contributed by atoms with Gasteiger partial charge >= 0.3 is 0 Å². The maximum atomic E-state index is 6.63. The van der Waals surface area contributed by atoms with Crippen LogP contribution in [0.2, 0.25) is 5.02 Å². The van der Waals surface area contributed by atoms with Gasteiger partial charge in [0.05, 0.1) is 5.69 Å². The first-order valence-corrected chi connectivity index (χ1v) is 12.2. The van der Waals surface area contributed by atoms with Crippen molar-refractivity contribution in [1.82, 2.24) is 9.97 Å². The lowest BCUT2D eigenvalue weighted by molar-refractivity contribution is 0.312. The van der Waals surface area contributed by atoms with E-state index < -0.39 is 0 Å². The third kappa shape index (κ3) is 3.47. The molecule has 1 atom stereocenters. The van der Waals surface area contributed by atoms with Crippen LogP contribution < -0.4 is 10.6 Å². The van der Waals surface area contributed by atoms with Crippen molar-refractivity contribution in [3.8, 4) is 0 Å². The van der Waals surface area contributed by atoms with E-state index in [-0.39, 0.29) is 5.41 Å². The summed E-state index contributed by atoms with van der Waals surface area (Å²) < 4.78 is 0. The predicted octanol–water partition coefficient (Wildman–Crippen LogP) is 5.42. The fraction of sp³-hybridized carbons (Fsp3) is 0.600. The molecule has 1 spiro atoms.